The molecule has 3 amide bonds. The summed E-state index contributed by atoms with van der Waals surface area (Å²) < 4.78 is 41.0. The molecule has 0 aliphatic carbocycles. The molecule has 10 N–H and O–H groups in total. The number of β-lactam (4-membered cyclic amide) rings is 1. The van der Waals surface area contributed by atoms with Crippen LogP contribution in [0.3, 0.4) is 0 Å². The Labute approximate surface area is 288 Å². The van der Waals surface area contributed by atoms with Gasteiger partial charge in [0.1, 0.15) is 29.8 Å². The van der Waals surface area contributed by atoms with Gasteiger partial charge in [0.2, 0.25) is 0 Å². The van der Waals surface area contributed by atoms with Gasteiger partial charge in [0.25, 0.3) is 23.8 Å². The standard InChI is InChI=1S/C28H33N9O11S2/c1-28(2)22(25(40)37(28)48-50(43,44)45)35-24(39)21(19-13-49-27(31)34-19)36-47-20(26(41)42)12-46-17-6-3-14(4-7-17)15-5-8-18(32-11-15)23(38)33-16(9-29)10-30/h3-8,11,13,16,20,22H,9-10,12,29-30H2,1-2H3,(H2,31,34)(H,33,38)(H,35,39)(H,41,42)(H,43,44,45). The third kappa shape index (κ3) is 9.04. The van der Waals surface area contributed by atoms with Crippen LogP contribution in [0.1, 0.15) is 30.0 Å². The number of thiazole rings is 1. The fourth-order valence-electron chi connectivity index (χ4n) is 4.37. The Kier molecular flexibility index (Phi) is 11.7. The van der Waals surface area contributed by atoms with Gasteiger partial charge in [-0.25, -0.2) is 9.78 Å². The highest BCUT2D eigenvalue weighted by Gasteiger charge is 2.58. The topological polar surface area (TPSA) is 314 Å². The van der Waals surface area contributed by atoms with Crippen molar-refractivity contribution in [2.75, 3.05) is 25.4 Å². The van der Waals surface area contributed by atoms with Crippen molar-refractivity contribution in [2.24, 2.45) is 16.6 Å². The maximum atomic E-state index is 13.2. The lowest BCUT2D eigenvalue weighted by Crippen LogP contribution is -2.76. The number of ether oxygens (including phenoxy) is 1. The summed E-state index contributed by atoms with van der Waals surface area (Å²) in [5, 5.41) is 20.2. The van der Waals surface area contributed by atoms with Crippen LogP contribution in [0.2, 0.25) is 0 Å². The number of rotatable bonds is 16. The number of carboxylic acids is 1. The quantitative estimate of drug-likeness (QED) is 0.0397. The molecule has 1 fully saturated rings. The van der Waals surface area contributed by atoms with Gasteiger partial charge in [-0.2, -0.15) is 13.5 Å². The summed E-state index contributed by atoms with van der Waals surface area (Å²) in [5.74, 6) is -3.70. The van der Waals surface area contributed by atoms with E-state index < -0.39 is 64.1 Å². The number of carbonyl (C=O) groups excluding carboxylic acids is 3. The van der Waals surface area contributed by atoms with Crippen molar-refractivity contribution in [3.8, 4) is 16.9 Å². The lowest BCUT2D eigenvalue weighted by Gasteiger charge is -2.50. The van der Waals surface area contributed by atoms with E-state index in [4.69, 9.17) is 31.3 Å². The molecule has 2 atom stereocenters. The van der Waals surface area contributed by atoms with Crippen LogP contribution in [0.5, 0.6) is 5.75 Å². The van der Waals surface area contributed by atoms with Gasteiger partial charge in [0.15, 0.2) is 10.8 Å². The Balaban J connectivity index is 1.41. The number of aliphatic carboxylic acids is 1. The van der Waals surface area contributed by atoms with Gasteiger partial charge in [0.05, 0.1) is 11.6 Å². The van der Waals surface area contributed by atoms with Crippen LogP contribution in [-0.2, 0) is 33.9 Å². The van der Waals surface area contributed by atoms with E-state index in [1.165, 1.54) is 25.4 Å². The Morgan fingerprint density at radius 2 is 1.76 bits per heavy atom. The zero-order valence-electron chi connectivity index (χ0n) is 26.4. The largest absolute Gasteiger partial charge is 0.489 e. The molecule has 1 saturated heterocycles. The molecule has 50 heavy (non-hydrogen) atoms. The number of aromatic nitrogens is 2. The molecule has 22 heteroatoms. The van der Waals surface area contributed by atoms with E-state index in [0.29, 0.717) is 16.2 Å². The number of nitrogens with two attached hydrogens (primary N) is 3. The molecule has 0 bridgehead atoms. The molecule has 2 aromatic heterocycles. The van der Waals surface area contributed by atoms with E-state index in [0.717, 1.165) is 11.3 Å². The smallest absolute Gasteiger partial charge is 0.418 e. The number of carbonyl (C=O) groups is 4. The predicted octanol–water partition coefficient (Wildman–Crippen LogP) is -1.10. The van der Waals surface area contributed by atoms with Crippen molar-refractivity contribution in [1.82, 2.24) is 25.7 Å². The maximum Gasteiger partial charge on any atom is 0.418 e. The average Bonchev–Trinajstić information content (AvgIpc) is 3.51. The van der Waals surface area contributed by atoms with Crippen molar-refractivity contribution >= 4 is 56.3 Å². The minimum Gasteiger partial charge on any atom is -0.489 e. The number of hydroxylamine groups is 2. The van der Waals surface area contributed by atoms with E-state index in [1.807, 2.05) is 0 Å². The lowest BCUT2D eigenvalue weighted by atomic mass is 9.84. The van der Waals surface area contributed by atoms with E-state index >= 15 is 0 Å². The molecule has 3 heterocycles. The van der Waals surface area contributed by atoms with Gasteiger partial charge in [-0.3, -0.25) is 23.9 Å². The second-order valence-electron chi connectivity index (χ2n) is 11.0. The van der Waals surface area contributed by atoms with Gasteiger partial charge in [-0.05, 0) is 37.6 Å². The van der Waals surface area contributed by atoms with Crippen molar-refractivity contribution in [2.45, 2.75) is 37.6 Å². The minimum atomic E-state index is -5.03. The molecular formula is C28H33N9O11S2. The summed E-state index contributed by atoms with van der Waals surface area (Å²) in [7, 11) is -5.03. The van der Waals surface area contributed by atoms with Crippen LogP contribution in [0, 0.1) is 0 Å². The third-order valence-corrected chi connectivity index (χ3v) is 8.15. The average molecular weight is 736 g/mol. The number of anilines is 1. The second kappa shape index (κ2) is 15.5. The monoisotopic (exact) mass is 735 g/mol. The fourth-order valence-corrected chi connectivity index (χ4v) is 5.37. The first-order valence-corrected chi connectivity index (χ1v) is 16.7. The number of nitrogens with one attached hydrogen (secondary N) is 2. The lowest BCUT2D eigenvalue weighted by molar-refractivity contribution is -0.218. The zero-order chi connectivity index (χ0) is 36.8. The van der Waals surface area contributed by atoms with Crippen LogP contribution in [-0.4, -0.2) is 106 Å². The Morgan fingerprint density at radius 1 is 1.10 bits per heavy atom. The Bertz CT molecular complexity index is 1860. The second-order valence-corrected chi connectivity index (χ2v) is 12.9. The van der Waals surface area contributed by atoms with Crippen LogP contribution < -0.4 is 32.6 Å². The molecule has 3 aromatic rings. The van der Waals surface area contributed by atoms with Gasteiger partial charge in [-0.1, -0.05) is 23.4 Å². The molecule has 2 unspecified atom stereocenters. The number of amides is 3. The number of nitrogen functional groups attached to an aromatic ring is 1. The first kappa shape index (κ1) is 37.6. The first-order valence-electron chi connectivity index (χ1n) is 14.4. The molecular weight excluding hydrogens is 702 g/mol. The molecule has 1 aromatic carbocycles. The number of oxime groups is 1. The van der Waals surface area contributed by atoms with Crippen LogP contribution in [0.25, 0.3) is 11.1 Å². The van der Waals surface area contributed by atoms with Crippen molar-refractivity contribution in [3.05, 3.63) is 59.4 Å². The molecule has 0 spiro atoms. The van der Waals surface area contributed by atoms with Crippen molar-refractivity contribution < 1.29 is 51.1 Å². The molecule has 4 rings (SSSR count). The summed E-state index contributed by atoms with van der Waals surface area (Å²) in [6, 6.07) is 8.00. The predicted molar refractivity (Wildman–Crippen MR) is 176 cm³/mol. The highest BCUT2D eigenvalue weighted by Crippen LogP contribution is 2.33. The first-order chi connectivity index (χ1) is 23.5. The molecule has 0 saturated carbocycles. The zero-order valence-corrected chi connectivity index (χ0v) is 28.0. The van der Waals surface area contributed by atoms with Gasteiger partial charge < -0.3 is 42.5 Å². The molecule has 20 nitrogen and oxygen atoms in total. The maximum absolute atomic E-state index is 13.2. The number of hydrogen-bond donors (Lipinski definition) is 7. The summed E-state index contributed by atoms with van der Waals surface area (Å²) in [6.45, 7) is 2.51. The Hall–Kier alpha value is -5.26. The van der Waals surface area contributed by atoms with Gasteiger partial charge in [-0.15, -0.1) is 15.6 Å². The number of carboxylic acid groups (broad SMARTS) is 1. The summed E-state index contributed by atoms with van der Waals surface area (Å²) in [5.41, 5.74) is 16.3. The van der Waals surface area contributed by atoms with E-state index in [1.54, 1.807) is 36.4 Å². The van der Waals surface area contributed by atoms with Crippen LogP contribution in [0.4, 0.5) is 5.13 Å². The van der Waals surface area contributed by atoms with Crippen molar-refractivity contribution in [3.63, 3.8) is 0 Å². The van der Waals surface area contributed by atoms with Gasteiger partial charge >= 0.3 is 16.4 Å². The molecule has 1 aliphatic rings. The summed E-state index contributed by atoms with van der Waals surface area (Å²) in [4.78, 5) is 63.4. The van der Waals surface area contributed by atoms with Crippen LogP contribution >= 0.6 is 11.3 Å². The van der Waals surface area contributed by atoms with Crippen LogP contribution in [0.15, 0.2) is 53.1 Å². The number of hydrogen-bond acceptors (Lipinski definition) is 16. The third-order valence-electron chi connectivity index (χ3n) is 7.14. The van der Waals surface area contributed by atoms with Gasteiger partial charge in [0, 0.05) is 30.2 Å². The highest BCUT2D eigenvalue weighted by molar-refractivity contribution is 7.80. The number of nitrogens with zero attached hydrogens (tertiary/aromatic N) is 4. The number of benzene rings is 1. The molecule has 0 radical (unpaired) electrons. The minimum absolute atomic E-state index is 0.0372. The summed E-state index contributed by atoms with van der Waals surface area (Å²) >= 11 is 0.938. The normalized spacial score (nSPS) is 16.4. The number of pyridine rings is 1. The SMILES string of the molecule is CC1(C)C(NC(=O)C(=NOC(COc2ccc(-c3ccc(C(=O)NC(CN)CN)nc3)cc2)C(=O)O)c2csc(N)n2)C(=O)N1OS(=O)(=O)O. The van der Waals surface area contributed by atoms with E-state index in [9.17, 15) is 32.7 Å². The fraction of sp³-hybridized carbons (Fsp3) is 0.321. The van der Waals surface area contributed by atoms with E-state index in [-0.39, 0.29) is 41.4 Å². The van der Waals surface area contributed by atoms with Crippen molar-refractivity contribution in [1.29, 1.82) is 0 Å². The molecule has 1 aliphatic heterocycles. The Morgan fingerprint density at radius 3 is 2.28 bits per heavy atom. The van der Waals surface area contributed by atoms with E-state index in [2.05, 4.69) is 30.0 Å². The summed E-state index contributed by atoms with van der Waals surface area (Å²) in [6.07, 6.45) is -0.221. The molecule has 268 valence electrons. The highest BCUT2D eigenvalue weighted by atomic mass is 32.3.